The number of benzene rings is 2. The molecule has 0 bridgehead atoms. The summed E-state index contributed by atoms with van der Waals surface area (Å²) in [5.41, 5.74) is 7.20. The Morgan fingerprint density at radius 2 is 1.76 bits per heavy atom. The number of carbonyl (C=O) groups excluding carboxylic acids is 2. The number of carbonyl (C=O) groups is 2. The quantitative estimate of drug-likeness (QED) is 0.719. The molecule has 1 amide bonds. The summed E-state index contributed by atoms with van der Waals surface area (Å²) in [6, 6.07) is 15.3. The fraction of sp³-hybridized carbons (Fsp3) is 0.263. The van der Waals surface area contributed by atoms with Gasteiger partial charge in [0, 0.05) is 0 Å². The highest BCUT2D eigenvalue weighted by Crippen LogP contribution is 2.23. The molecule has 0 aliphatic rings. The van der Waals surface area contributed by atoms with Crippen molar-refractivity contribution in [2.45, 2.75) is 26.0 Å². The Morgan fingerprint density at radius 3 is 2.48 bits per heavy atom. The normalized spacial score (nSPS) is 11.4. The summed E-state index contributed by atoms with van der Waals surface area (Å²) >= 11 is 0. The average Bonchev–Trinajstić information content (AvgIpc) is 2.62. The van der Waals surface area contributed by atoms with Crippen molar-refractivity contribution in [2.24, 2.45) is 5.73 Å². The fourth-order valence-corrected chi connectivity index (χ4v) is 2.15. The number of rotatable bonds is 8. The van der Waals surface area contributed by atoms with E-state index in [4.69, 9.17) is 15.2 Å². The van der Waals surface area contributed by atoms with E-state index in [0.29, 0.717) is 18.0 Å². The van der Waals surface area contributed by atoms with Crippen molar-refractivity contribution in [1.82, 2.24) is 0 Å². The van der Waals surface area contributed by atoms with Crippen LogP contribution in [0.2, 0.25) is 0 Å². The lowest BCUT2D eigenvalue weighted by molar-refractivity contribution is -0.146. The number of para-hydroxylation sites is 2. The molecule has 6 heteroatoms. The van der Waals surface area contributed by atoms with Crippen LogP contribution in [0.4, 0.5) is 5.69 Å². The van der Waals surface area contributed by atoms with E-state index >= 15 is 0 Å². The number of anilines is 1. The summed E-state index contributed by atoms with van der Waals surface area (Å²) in [6.07, 6.45) is -0.199. The van der Waals surface area contributed by atoms with Gasteiger partial charge in [0.1, 0.15) is 12.4 Å². The molecule has 0 spiro atoms. The average molecular weight is 342 g/mol. The highest BCUT2D eigenvalue weighted by atomic mass is 16.5. The first-order valence-corrected chi connectivity index (χ1v) is 8.08. The highest BCUT2D eigenvalue weighted by Gasteiger charge is 2.19. The Kier molecular flexibility index (Phi) is 6.98. The molecular weight excluding hydrogens is 320 g/mol. The first kappa shape index (κ1) is 18.5. The van der Waals surface area contributed by atoms with E-state index in [2.05, 4.69) is 5.32 Å². The van der Waals surface area contributed by atoms with Crippen LogP contribution in [0, 0.1) is 0 Å². The SMILES string of the molecule is CCOc1ccccc1NC(=O)[C@@H](N)CC(=O)OCc1ccccc1. The van der Waals surface area contributed by atoms with Crippen molar-refractivity contribution in [3.8, 4) is 5.75 Å². The van der Waals surface area contributed by atoms with Crippen LogP contribution in [0.25, 0.3) is 0 Å². The molecule has 1 atom stereocenters. The van der Waals surface area contributed by atoms with Crippen LogP contribution >= 0.6 is 0 Å². The molecule has 132 valence electrons. The predicted molar refractivity (Wildman–Crippen MR) is 95.1 cm³/mol. The zero-order chi connectivity index (χ0) is 18.1. The summed E-state index contributed by atoms with van der Waals surface area (Å²) in [6.45, 7) is 2.49. The molecule has 6 nitrogen and oxygen atoms in total. The lowest BCUT2D eigenvalue weighted by Crippen LogP contribution is -2.38. The van der Waals surface area contributed by atoms with Crippen LogP contribution in [-0.4, -0.2) is 24.5 Å². The van der Waals surface area contributed by atoms with Gasteiger partial charge in [-0.05, 0) is 24.6 Å². The Labute approximate surface area is 146 Å². The van der Waals surface area contributed by atoms with Gasteiger partial charge in [-0.25, -0.2) is 0 Å². The number of nitrogens with two attached hydrogens (primary N) is 1. The van der Waals surface area contributed by atoms with E-state index in [1.807, 2.05) is 43.3 Å². The molecule has 2 aromatic rings. The number of hydrogen-bond acceptors (Lipinski definition) is 5. The Hall–Kier alpha value is -2.86. The first-order chi connectivity index (χ1) is 12.1. The summed E-state index contributed by atoms with van der Waals surface area (Å²) < 4.78 is 10.6. The Balaban J connectivity index is 1.84. The third kappa shape index (κ3) is 5.93. The molecular formula is C19H22N2O4. The van der Waals surface area contributed by atoms with Crippen LogP contribution in [0.3, 0.4) is 0 Å². The minimum absolute atomic E-state index is 0.154. The van der Waals surface area contributed by atoms with E-state index in [1.165, 1.54) is 0 Å². The third-order valence-corrected chi connectivity index (χ3v) is 3.41. The number of amides is 1. The summed E-state index contributed by atoms with van der Waals surface area (Å²) in [4.78, 5) is 24.0. The standard InChI is InChI=1S/C19H22N2O4/c1-2-24-17-11-7-6-10-16(17)21-19(23)15(20)12-18(22)25-13-14-8-4-3-5-9-14/h3-11,15H,2,12-13,20H2,1H3,(H,21,23)/t15-/m0/s1. The number of esters is 1. The summed E-state index contributed by atoms with van der Waals surface area (Å²) in [5, 5.41) is 2.68. The summed E-state index contributed by atoms with van der Waals surface area (Å²) in [5.74, 6) is -0.439. The zero-order valence-corrected chi connectivity index (χ0v) is 14.1. The first-order valence-electron chi connectivity index (χ1n) is 8.08. The molecule has 0 aliphatic heterocycles. The topological polar surface area (TPSA) is 90.6 Å². The van der Waals surface area contributed by atoms with Gasteiger partial charge in [-0.3, -0.25) is 9.59 Å². The lowest BCUT2D eigenvalue weighted by Gasteiger charge is -2.14. The molecule has 2 aromatic carbocycles. The minimum Gasteiger partial charge on any atom is -0.492 e. The van der Waals surface area contributed by atoms with Crippen molar-refractivity contribution >= 4 is 17.6 Å². The maximum absolute atomic E-state index is 12.2. The molecule has 0 saturated carbocycles. The maximum atomic E-state index is 12.2. The van der Waals surface area contributed by atoms with Gasteiger partial charge in [0.05, 0.1) is 24.8 Å². The van der Waals surface area contributed by atoms with Gasteiger partial charge in [-0.15, -0.1) is 0 Å². The number of ether oxygens (including phenoxy) is 2. The van der Waals surface area contributed by atoms with Gasteiger partial charge in [0.15, 0.2) is 0 Å². The van der Waals surface area contributed by atoms with Crippen LogP contribution in [0.1, 0.15) is 18.9 Å². The predicted octanol–water partition coefficient (Wildman–Crippen LogP) is 2.48. The molecule has 0 heterocycles. The van der Waals surface area contributed by atoms with Gasteiger partial charge in [0.25, 0.3) is 0 Å². The van der Waals surface area contributed by atoms with Crippen LogP contribution in [-0.2, 0) is 20.9 Å². The summed E-state index contributed by atoms with van der Waals surface area (Å²) in [7, 11) is 0. The van der Waals surface area contributed by atoms with Gasteiger partial charge in [-0.2, -0.15) is 0 Å². The van der Waals surface area contributed by atoms with Gasteiger partial charge < -0.3 is 20.5 Å². The van der Waals surface area contributed by atoms with Gasteiger partial charge in [-0.1, -0.05) is 42.5 Å². The lowest BCUT2D eigenvalue weighted by atomic mass is 10.2. The fourth-order valence-electron chi connectivity index (χ4n) is 2.15. The Bertz CT molecular complexity index is 704. The molecule has 0 radical (unpaired) electrons. The van der Waals surface area contributed by atoms with E-state index in [9.17, 15) is 9.59 Å². The molecule has 0 saturated heterocycles. The monoisotopic (exact) mass is 342 g/mol. The van der Waals surface area contributed by atoms with Crippen LogP contribution in [0.15, 0.2) is 54.6 Å². The molecule has 0 fully saturated rings. The number of nitrogens with one attached hydrogen (secondary N) is 1. The van der Waals surface area contributed by atoms with Crippen molar-refractivity contribution in [2.75, 3.05) is 11.9 Å². The molecule has 2 rings (SSSR count). The van der Waals surface area contributed by atoms with Crippen molar-refractivity contribution in [3.63, 3.8) is 0 Å². The second-order valence-corrected chi connectivity index (χ2v) is 5.38. The second kappa shape index (κ2) is 9.44. The van der Waals surface area contributed by atoms with E-state index in [1.54, 1.807) is 18.2 Å². The molecule has 0 aromatic heterocycles. The van der Waals surface area contributed by atoms with Crippen LogP contribution < -0.4 is 15.8 Å². The van der Waals surface area contributed by atoms with E-state index in [0.717, 1.165) is 5.56 Å². The Morgan fingerprint density at radius 1 is 1.08 bits per heavy atom. The molecule has 25 heavy (non-hydrogen) atoms. The van der Waals surface area contributed by atoms with Crippen molar-refractivity contribution in [3.05, 3.63) is 60.2 Å². The minimum atomic E-state index is -1.00. The largest absolute Gasteiger partial charge is 0.492 e. The van der Waals surface area contributed by atoms with Crippen molar-refractivity contribution in [1.29, 1.82) is 0 Å². The number of hydrogen-bond donors (Lipinski definition) is 2. The van der Waals surface area contributed by atoms with Crippen molar-refractivity contribution < 1.29 is 19.1 Å². The smallest absolute Gasteiger partial charge is 0.308 e. The third-order valence-electron chi connectivity index (χ3n) is 3.41. The van der Waals surface area contributed by atoms with Gasteiger partial charge >= 0.3 is 5.97 Å². The van der Waals surface area contributed by atoms with E-state index in [-0.39, 0.29) is 13.0 Å². The van der Waals surface area contributed by atoms with Crippen LogP contribution in [0.5, 0.6) is 5.75 Å². The maximum Gasteiger partial charge on any atom is 0.308 e. The van der Waals surface area contributed by atoms with E-state index < -0.39 is 17.9 Å². The second-order valence-electron chi connectivity index (χ2n) is 5.38. The molecule has 0 aliphatic carbocycles. The highest BCUT2D eigenvalue weighted by molar-refractivity contribution is 5.97. The molecule has 0 unspecified atom stereocenters. The zero-order valence-electron chi connectivity index (χ0n) is 14.1. The molecule has 3 N–H and O–H groups in total. The van der Waals surface area contributed by atoms with Gasteiger partial charge in [0.2, 0.25) is 5.91 Å².